The van der Waals surface area contributed by atoms with Gasteiger partial charge in [-0.25, -0.2) is 8.42 Å². The van der Waals surface area contributed by atoms with E-state index in [9.17, 15) is 13.2 Å². The van der Waals surface area contributed by atoms with Gasteiger partial charge in [-0.15, -0.1) is 0 Å². The molecule has 0 bridgehead atoms. The molecule has 0 aromatic heterocycles. The molecule has 4 rings (SSSR count). The number of halogens is 1. The Kier molecular flexibility index (Phi) is 6.75. The molecule has 0 fully saturated rings. The Morgan fingerprint density at radius 1 is 1.00 bits per heavy atom. The molecule has 0 aliphatic carbocycles. The fourth-order valence-corrected chi connectivity index (χ4v) is 6.78. The van der Waals surface area contributed by atoms with Gasteiger partial charge in [0, 0.05) is 23.2 Å². The number of rotatable bonds is 6. The summed E-state index contributed by atoms with van der Waals surface area (Å²) in [5.41, 5.74) is 5.16. The van der Waals surface area contributed by atoms with Crippen LogP contribution >= 0.6 is 15.9 Å². The maximum absolute atomic E-state index is 13.9. The van der Waals surface area contributed by atoms with Crippen molar-refractivity contribution in [3.05, 3.63) is 93.0 Å². The van der Waals surface area contributed by atoms with E-state index in [2.05, 4.69) is 15.9 Å². The van der Waals surface area contributed by atoms with Gasteiger partial charge in [-0.05, 0) is 67.6 Å². The average molecular weight is 527 g/mol. The van der Waals surface area contributed by atoms with Gasteiger partial charge in [0.1, 0.15) is 0 Å². The lowest BCUT2D eigenvalue weighted by Crippen LogP contribution is -2.42. The second kappa shape index (κ2) is 9.41. The second-order valence-corrected chi connectivity index (χ2v) is 11.3. The highest BCUT2D eigenvalue weighted by Crippen LogP contribution is 2.32. The van der Waals surface area contributed by atoms with Crippen molar-refractivity contribution in [2.24, 2.45) is 0 Å². The van der Waals surface area contributed by atoms with Crippen molar-refractivity contribution in [3.8, 4) is 0 Å². The van der Waals surface area contributed by atoms with Crippen molar-refractivity contribution in [3.63, 3.8) is 0 Å². The highest BCUT2D eigenvalue weighted by Gasteiger charge is 2.33. The molecule has 5 nitrogen and oxygen atoms in total. The Balaban J connectivity index is 1.70. The highest BCUT2D eigenvalue weighted by molar-refractivity contribution is 9.10. The summed E-state index contributed by atoms with van der Waals surface area (Å²) in [4.78, 5) is 15.4. The van der Waals surface area contributed by atoms with E-state index < -0.39 is 10.0 Å². The van der Waals surface area contributed by atoms with Crippen molar-refractivity contribution < 1.29 is 13.2 Å². The van der Waals surface area contributed by atoms with Gasteiger partial charge in [-0.3, -0.25) is 4.79 Å². The van der Waals surface area contributed by atoms with E-state index in [1.54, 1.807) is 4.90 Å². The van der Waals surface area contributed by atoms with E-state index in [0.29, 0.717) is 17.7 Å². The third-order valence-corrected chi connectivity index (χ3v) is 8.55. The van der Waals surface area contributed by atoms with Crippen LogP contribution in [-0.4, -0.2) is 31.7 Å². The zero-order chi connectivity index (χ0) is 23.8. The lowest BCUT2D eigenvalue weighted by Gasteiger charge is -2.26. The normalized spacial score (nSPS) is 13.4. The number of sulfonamides is 1. The van der Waals surface area contributed by atoms with E-state index >= 15 is 0 Å². The molecule has 1 amide bonds. The molecule has 1 aliphatic rings. The number of hydrogen-bond donors (Lipinski definition) is 0. The summed E-state index contributed by atoms with van der Waals surface area (Å²) < 4.78 is 30.0. The minimum atomic E-state index is -3.91. The summed E-state index contributed by atoms with van der Waals surface area (Å²) >= 11 is 3.48. The van der Waals surface area contributed by atoms with Crippen molar-refractivity contribution in [2.75, 3.05) is 18.0 Å². The number of nitrogens with zero attached hydrogens (tertiary/aromatic N) is 2. The van der Waals surface area contributed by atoms with E-state index in [-0.39, 0.29) is 23.9 Å². The van der Waals surface area contributed by atoms with Crippen LogP contribution in [0.2, 0.25) is 0 Å². The molecule has 3 aromatic carbocycles. The fraction of sp³-hybridized carbons (Fsp3) is 0.269. The summed E-state index contributed by atoms with van der Waals surface area (Å²) in [7, 11) is -3.91. The second-order valence-electron chi connectivity index (χ2n) is 8.55. The Morgan fingerprint density at radius 2 is 1.67 bits per heavy atom. The Morgan fingerprint density at radius 3 is 2.33 bits per heavy atom. The smallest absolute Gasteiger partial charge is 0.244 e. The molecule has 0 unspecified atom stereocenters. The van der Waals surface area contributed by atoms with E-state index in [1.165, 1.54) is 4.31 Å². The van der Waals surface area contributed by atoms with Gasteiger partial charge in [-0.1, -0.05) is 64.0 Å². The number of anilines is 1. The molecule has 172 valence electrons. The van der Waals surface area contributed by atoms with Crippen LogP contribution in [0.25, 0.3) is 0 Å². The first-order chi connectivity index (χ1) is 15.7. The summed E-state index contributed by atoms with van der Waals surface area (Å²) in [5, 5.41) is 0. The van der Waals surface area contributed by atoms with Gasteiger partial charge in [-0.2, -0.15) is 4.31 Å². The van der Waals surface area contributed by atoms with E-state index in [1.807, 2.05) is 81.4 Å². The topological polar surface area (TPSA) is 57.7 Å². The number of benzene rings is 3. The molecule has 1 heterocycles. The van der Waals surface area contributed by atoms with E-state index in [0.717, 1.165) is 33.3 Å². The van der Waals surface area contributed by atoms with E-state index in [4.69, 9.17) is 0 Å². The average Bonchev–Trinajstić information content (AvgIpc) is 3.16. The Hall–Kier alpha value is -2.48. The lowest BCUT2D eigenvalue weighted by atomic mass is 10.1. The van der Waals surface area contributed by atoms with Gasteiger partial charge in [0.25, 0.3) is 0 Å². The number of aryl methyl sites for hydroxylation is 3. The summed E-state index contributed by atoms with van der Waals surface area (Å²) in [6, 6.07) is 19.0. The molecule has 0 saturated carbocycles. The largest absolute Gasteiger partial charge is 0.311 e. The van der Waals surface area contributed by atoms with Crippen LogP contribution < -0.4 is 4.90 Å². The van der Waals surface area contributed by atoms with Crippen molar-refractivity contribution in [1.82, 2.24) is 4.31 Å². The van der Waals surface area contributed by atoms with Crippen LogP contribution in [-0.2, 0) is 27.8 Å². The number of hydrogen-bond acceptors (Lipinski definition) is 3. The van der Waals surface area contributed by atoms with Crippen LogP contribution in [0, 0.1) is 20.8 Å². The number of amides is 1. The minimum Gasteiger partial charge on any atom is -0.311 e. The first kappa shape index (κ1) is 23.7. The third-order valence-electron chi connectivity index (χ3n) is 5.95. The monoisotopic (exact) mass is 526 g/mol. The SMILES string of the molecule is Cc1cc(C)c(S(=O)(=O)N(CC(=O)N2CCc3cc(Br)ccc32)Cc2ccccc2)c(C)c1. The van der Waals surface area contributed by atoms with Crippen LogP contribution in [0.4, 0.5) is 5.69 Å². The maximum Gasteiger partial charge on any atom is 0.244 e. The Labute approximate surface area is 204 Å². The Bertz CT molecular complexity index is 1280. The molecular formula is C26H27BrN2O3S. The summed E-state index contributed by atoms with van der Waals surface area (Å²) in [6.07, 6.45) is 0.752. The first-order valence-electron chi connectivity index (χ1n) is 10.9. The maximum atomic E-state index is 13.9. The predicted octanol–water partition coefficient (Wildman–Crippen LogP) is 5.15. The molecular weight excluding hydrogens is 500 g/mol. The molecule has 0 atom stereocenters. The molecule has 3 aromatic rings. The zero-order valence-electron chi connectivity index (χ0n) is 19.0. The standard InChI is InChI=1S/C26H27BrN2O3S/c1-18-13-19(2)26(20(3)14-18)33(31,32)28(16-21-7-5-4-6-8-21)17-25(30)29-12-11-22-15-23(27)9-10-24(22)29/h4-10,13-15H,11-12,16-17H2,1-3H3. The van der Waals surface area contributed by atoms with Crippen molar-refractivity contribution in [1.29, 1.82) is 0 Å². The van der Waals surface area contributed by atoms with Gasteiger partial charge in [0.2, 0.25) is 15.9 Å². The zero-order valence-corrected chi connectivity index (χ0v) is 21.4. The number of carbonyl (C=O) groups excluding carboxylic acids is 1. The van der Waals surface area contributed by atoms with Gasteiger partial charge in [0.05, 0.1) is 11.4 Å². The molecule has 7 heteroatoms. The third kappa shape index (κ3) is 4.90. The molecule has 1 aliphatic heterocycles. The summed E-state index contributed by atoms with van der Waals surface area (Å²) in [6.45, 7) is 6.02. The first-order valence-corrected chi connectivity index (χ1v) is 13.1. The van der Waals surface area contributed by atoms with Crippen LogP contribution in [0.5, 0.6) is 0 Å². The quantitative estimate of drug-likeness (QED) is 0.446. The van der Waals surface area contributed by atoms with Crippen LogP contribution in [0.3, 0.4) is 0 Å². The van der Waals surface area contributed by atoms with Crippen LogP contribution in [0.1, 0.15) is 27.8 Å². The number of fused-ring (bicyclic) bond motifs is 1. The molecule has 0 spiro atoms. The lowest BCUT2D eigenvalue weighted by molar-refractivity contribution is -0.118. The molecule has 0 N–H and O–H groups in total. The molecule has 0 radical (unpaired) electrons. The van der Waals surface area contributed by atoms with Gasteiger partial charge < -0.3 is 4.90 Å². The van der Waals surface area contributed by atoms with Crippen LogP contribution in [0.15, 0.2) is 70.0 Å². The molecule has 33 heavy (non-hydrogen) atoms. The molecule has 0 saturated heterocycles. The fourth-order valence-electron chi connectivity index (χ4n) is 4.58. The summed E-state index contributed by atoms with van der Waals surface area (Å²) in [5.74, 6) is -0.224. The van der Waals surface area contributed by atoms with Crippen molar-refractivity contribution in [2.45, 2.75) is 38.6 Å². The highest BCUT2D eigenvalue weighted by atomic mass is 79.9. The van der Waals surface area contributed by atoms with Gasteiger partial charge in [0.15, 0.2) is 0 Å². The predicted molar refractivity (Wildman–Crippen MR) is 135 cm³/mol. The minimum absolute atomic E-state index is 0.128. The van der Waals surface area contributed by atoms with Gasteiger partial charge >= 0.3 is 0 Å². The van der Waals surface area contributed by atoms with Crippen molar-refractivity contribution >= 4 is 37.5 Å². The number of carbonyl (C=O) groups is 1.